The third-order valence-electron chi connectivity index (χ3n) is 7.61. The molecular weight excluding hydrogens is 533 g/mol. The molecule has 0 amide bonds. The zero-order chi connectivity index (χ0) is 29.1. The van der Waals surface area contributed by atoms with Crippen LogP contribution in [0, 0.1) is 0 Å². The number of hydrogen-bond donors (Lipinski definition) is 1. The fourth-order valence-corrected chi connectivity index (χ4v) is 5.79. The Morgan fingerprint density at radius 2 is 1.73 bits per heavy atom. The molecule has 3 aromatic heterocycles. The first-order valence-electron chi connectivity index (χ1n) is 13.3. The molecule has 0 saturated carbocycles. The van der Waals surface area contributed by atoms with E-state index in [9.17, 15) is 18.0 Å². The van der Waals surface area contributed by atoms with Crippen molar-refractivity contribution in [2.45, 2.75) is 32.1 Å². The molecule has 0 unspecified atom stereocenters. The predicted molar refractivity (Wildman–Crippen MR) is 153 cm³/mol. The fourth-order valence-electron chi connectivity index (χ4n) is 5.79. The second kappa shape index (κ2) is 9.91. The molecule has 0 spiro atoms. The van der Waals surface area contributed by atoms with Crippen molar-refractivity contribution in [2.24, 2.45) is 7.05 Å². The minimum absolute atomic E-state index is 0.0352. The van der Waals surface area contributed by atoms with Crippen LogP contribution in [0.4, 0.5) is 18.9 Å². The summed E-state index contributed by atoms with van der Waals surface area (Å²) in [6.45, 7) is 4.79. The highest BCUT2D eigenvalue weighted by Gasteiger charge is 2.37. The van der Waals surface area contributed by atoms with Crippen molar-refractivity contribution >= 4 is 27.6 Å². The van der Waals surface area contributed by atoms with E-state index in [4.69, 9.17) is 4.74 Å². The second-order valence-electron chi connectivity index (χ2n) is 10.6. The van der Waals surface area contributed by atoms with Crippen LogP contribution in [-0.2, 0) is 13.2 Å². The van der Waals surface area contributed by atoms with Crippen LogP contribution >= 0.6 is 0 Å². The number of nitrogens with one attached hydrogen (secondary N) is 1. The van der Waals surface area contributed by atoms with Crippen molar-refractivity contribution in [1.82, 2.24) is 24.4 Å². The molecule has 11 heteroatoms. The van der Waals surface area contributed by atoms with Gasteiger partial charge in [-0.2, -0.15) is 13.2 Å². The maximum Gasteiger partial charge on any atom is 0.418 e. The highest BCUT2D eigenvalue weighted by atomic mass is 19.4. The second-order valence-corrected chi connectivity index (χ2v) is 10.6. The number of nitrogens with zero attached hydrogens (tertiary/aromatic N) is 5. The van der Waals surface area contributed by atoms with Gasteiger partial charge in [0.05, 0.1) is 47.3 Å². The first-order chi connectivity index (χ1) is 19.5. The van der Waals surface area contributed by atoms with Crippen LogP contribution < -0.4 is 20.6 Å². The standard InChI is InChI=1S/C30H29F3N6O2/c1-17-15-38(16-18(2)36-17)26-8-6-21(11-24(26)30(31,32)33)39-28-23-10-19(20-9-22(41-4)13-34-12-20)5-7-25(23)35-14-27(28)37(3)29(39)40/h5-14,17-18,36H,15-16H2,1-4H3/t17-,18+. The Kier molecular flexibility index (Phi) is 6.49. The Bertz CT molecular complexity index is 1830. The van der Waals surface area contributed by atoms with E-state index in [0.29, 0.717) is 40.8 Å². The molecule has 1 aliphatic heterocycles. The SMILES string of the molecule is COc1cncc(-c2ccc3ncc4c(c3c2)n(-c2ccc(N3C[C@@H](C)N[C@@H](C)C3)c(C(F)(F)F)c2)c(=O)n4C)c1. The normalized spacial score (nSPS) is 17.9. The van der Waals surface area contributed by atoms with E-state index in [1.165, 1.54) is 15.2 Å². The Balaban J connectivity index is 1.58. The van der Waals surface area contributed by atoms with Crippen LogP contribution in [0.1, 0.15) is 19.4 Å². The smallest absolute Gasteiger partial charge is 0.418 e. The first kappa shape index (κ1) is 26.8. The maximum absolute atomic E-state index is 14.5. The molecule has 1 saturated heterocycles. The van der Waals surface area contributed by atoms with Gasteiger partial charge in [0.1, 0.15) is 5.75 Å². The van der Waals surface area contributed by atoms with Crippen LogP contribution in [0.5, 0.6) is 5.75 Å². The lowest BCUT2D eigenvalue weighted by molar-refractivity contribution is -0.137. The number of rotatable bonds is 4. The number of pyridine rings is 2. The number of aromatic nitrogens is 4. The van der Waals surface area contributed by atoms with Gasteiger partial charge in [-0.05, 0) is 55.8 Å². The van der Waals surface area contributed by atoms with Crippen LogP contribution in [0.15, 0.2) is 65.8 Å². The summed E-state index contributed by atoms with van der Waals surface area (Å²) >= 11 is 0. The van der Waals surface area contributed by atoms with E-state index in [1.54, 1.807) is 43.7 Å². The van der Waals surface area contributed by atoms with Crippen LogP contribution in [0.25, 0.3) is 38.8 Å². The van der Waals surface area contributed by atoms with Crippen molar-refractivity contribution in [3.63, 3.8) is 0 Å². The van der Waals surface area contributed by atoms with Crippen LogP contribution in [-0.4, -0.2) is 51.4 Å². The van der Waals surface area contributed by atoms with Gasteiger partial charge in [-0.3, -0.25) is 19.1 Å². The quantitative estimate of drug-likeness (QED) is 0.327. The first-order valence-corrected chi connectivity index (χ1v) is 13.3. The number of methoxy groups -OCH3 is 1. The molecule has 41 heavy (non-hydrogen) atoms. The molecule has 1 aliphatic rings. The Morgan fingerprint density at radius 3 is 2.44 bits per heavy atom. The Morgan fingerprint density at radius 1 is 0.976 bits per heavy atom. The number of aryl methyl sites for hydroxylation is 1. The largest absolute Gasteiger partial charge is 0.495 e. The maximum atomic E-state index is 14.5. The summed E-state index contributed by atoms with van der Waals surface area (Å²) in [5.74, 6) is 0.587. The average molecular weight is 563 g/mol. The molecule has 5 aromatic rings. The van der Waals surface area contributed by atoms with Gasteiger partial charge in [0.15, 0.2) is 0 Å². The summed E-state index contributed by atoms with van der Waals surface area (Å²) in [5.41, 5.74) is 2.17. The van der Waals surface area contributed by atoms with Gasteiger partial charge in [0, 0.05) is 55.1 Å². The highest BCUT2D eigenvalue weighted by Crippen LogP contribution is 2.39. The van der Waals surface area contributed by atoms with E-state index < -0.39 is 17.4 Å². The lowest BCUT2D eigenvalue weighted by Gasteiger charge is -2.38. The molecule has 0 radical (unpaired) electrons. The summed E-state index contributed by atoms with van der Waals surface area (Å²) in [5, 5.41) is 3.98. The van der Waals surface area contributed by atoms with Crippen molar-refractivity contribution in [3.8, 4) is 22.6 Å². The Labute approximate surface area is 234 Å². The van der Waals surface area contributed by atoms with Crippen molar-refractivity contribution < 1.29 is 17.9 Å². The summed E-state index contributed by atoms with van der Waals surface area (Å²) in [6.07, 6.45) is 0.252. The topological polar surface area (TPSA) is 77.2 Å². The van der Waals surface area contributed by atoms with E-state index >= 15 is 0 Å². The third kappa shape index (κ3) is 4.69. The van der Waals surface area contributed by atoms with Gasteiger partial charge in [-0.15, -0.1) is 0 Å². The molecule has 212 valence electrons. The van der Waals surface area contributed by atoms with E-state index in [1.807, 2.05) is 38.1 Å². The summed E-state index contributed by atoms with van der Waals surface area (Å²) in [6, 6.07) is 11.6. The number of benzene rings is 2. The molecule has 1 N–H and O–H groups in total. The number of alkyl halides is 3. The fraction of sp³-hybridized carbons (Fsp3) is 0.300. The monoisotopic (exact) mass is 562 g/mol. The zero-order valence-corrected chi connectivity index (χ0v) is 23.0. The van der Waals surface area contributed by atoms with Crippen LogP contribution in [0.2, 0.25) is 0 Å². The zero-order valence-electron chi connectivity index (χ0n) is 23.0. The molecule has 8 nitrogen and oxygen atoms in total. The number of fused-ring (bicyclic) bond motifs is 3. The minimum atomic E-state index is -4.62. The molecule has 4 heterocycles. The molecule has 6 rings (SSSR count). The molecule has 0 aliphatic carbocycles. The van der Waals surface area contributed by atoms with Gasteiger partial charge in [0.2, 0.25) is 0 Å². The number of anilines is 1. The number of imidazole rings is 1. The van der Waals surface area contributed by atoms with Crippen molar-refractivity contribution in [3.05, 3.63) is 77.1 Å². The van der Waals surface area contributed by atoms with Gasteiger partial charge in [-0.1, -0.05) is 6.07 Å². The van der Waals surface area contributed by atoms with Crippen LogP contribution in [0.3, 0.4) is 0 Å². The number of halogens is 3. The predicted octanol–water partition coefficient (Wildman–Crippen LogP) is 5.15. The van der Waals surface area contributed by atoms with Gasteiger partial charge in [-0.25, -0.2) is 4.79 Å². The Hall–Kier alpha value is -4.38. The lowest BCUT2D eigenvalue weighted by atomic mass is 10.0. The number of ether oxygens (including phenoxy) is 1. The molecule has 2 atom stereocenters. The van der Waals surface area contributed by atoms with Gasteiger partial charge >= 0.3 is 11.9 Å². The summed E-state index contributed by atoms with van der Waals surface area (Å²) < 4.78 is 51.6. The van der Waals surface area contributed by atoms with Crippen molar-refractivity contribution in [2.75, 3.05) is 25.1 Å². The number of piperazine rings is 1. The van der Waals surface area contributed by atoms with Gasteiger partial charge in [0.25, 0.3) is 0 Å². The number of hydrogen-bond acceptors (Lipinski definition) is 6. The lowest BCUT2D eigenvalue weighted by Crippen LogP contribution is -2.54. The third-order valence-corrected chi connectivity index (χ3v) is 7.61. The average Bonchev–Trinajstić information content (AvgIpc) is 3.21. The molecule has 1 fully saturated rings. The molecule has 2 aromatic carbocycles. The molecule has 0 bridgehead atoms. The van der Waals surface area contributed by atoms with E-state index in [0.717, 1.165) is 17.2 Å². The highest BCUT2D eigenvalue weighted by molar-refractivity contribution is 6.04. The summed E-state index contributed by atoms with van der Waals surface area (Å²) in [7, 11) is 3.15. The van der Waals surface area contributed by atoms with E-state index in [2.05, 4.69) is 15.3 Å². The minimum Gasteiger partial charge on any atom is -0.495 e. The van der Waals surface area contributed by atoms with Crippen molar-refractivity contribution in [1.29, 1.82) is 0 Å². The van der Waals surface area contributed by atoms with Gasteiger partial charge < -0.3 is 15.0 Å². The molecular formula is C30H29F3N6O2. The summed E-state index contributed by atoms with van der Waals surface area (Å²) in [4.78, 5) is 24.1. The van der Waals surface area contributed by atoms with E-state index in [-0.39, 0.29) is 23.5 Å².